The Morgan fingerprint density at radius 2 is 2.22 bits per heavy atom. The van der Waals surface area contributed by atoms with Crippen molar-refractivity contribution in [2.45, 2.75) is 32.7 Å². The first kappa shape index (κ1) is 13.1. The highest BCUT2D eigenvalue weighted by molar-refractivity contribution is 5.94. The van der Waals surface area contributed by atoms with E-state index in [-0.39, 0.29) is 5.91 Å². The monoisotopic (exact) mass is 246 g/mol. The van der Waals surface area contributed by atoms with Gasteiger partial charge in [0.2, 0.25) is 0 Å². The Labute approximate surface area is 109 Å². The largest absolute Gasteiger partial charge is 0.342 e. The Bertz CT molecular complexity index is 429. The van der Waals surface area contributed by atoms with E-state index in [9.17, 15) is 4.79 Å². The summed E-state index contributed by atoms with van der Waals surface area (Å²) in [6, 6.07) is 6.11. The Kier molecular flexibility index (Phi) is 4.37. The minimum absolute atomic E-state index is 0.143. The predicted molar refractivity (Wildman–Crippen MR) is 73.7 cm³/mol. The summed E-state index contributed by atoms with van der Waals surface area (Å²) in [5.74, 6) is 0.143. The summed E-state index contributed by atoms with van der Waals surface area (Å²) in [5, 5.41) is 3.34. The lowest BCUT2D eigenvalue weighted by atomic mass is 9.98. The predicted octanol–water partition coefficient (Wildman–Crippen LogP) is 2.20. The van der Waals surface area contributed by atoms with Crippen LogP contribution in [0.15, 0.2) is 18.2 Å². The van der Waals surface area contributed by atoms with Crippen LogP contribution in [0.1, 0.15) is 41.3 Å². The van der Waals surface area contributed by atoms with Gasteiger partial charge in [-0.1, -0.05) is 19.4 Å². The molecule has 0 aromatic heterocycles. The van der Waals surface area contributed by atoms with Gasteiger partial charge in [-0.15, -0.1) is 0 Å². The van der Waals surface area contributed by atoms with Crippen molar-refractivity contribution in [3.8, 4) is 0 Å². The lowest BCUT2D eigenvalue weighted by Gasteiger charge is -2.20. The van der Waals surface area contributed by atoms with Crippen molar-refractivity contribution in [3.05, 3.63) is 34.9 Å². The van der Waals surface area contributed by atoms with Gasteiger partial charge in [0, 0.05) is 25.7 Å². The van der Waals surface area contributed by atoms with Crippen molar-refractivity contribution in [1.82, 2.24) is 10.2 Å². The average Bonchev–Trinajstić information content (AvgIpc) is 2.43. The zero-order valence-electron chi connectivity index (χ0n) is 11.3. The number of amides is 1. The summed E-state index contributed by atoms with van der Waals surface area (Å²) in [6.07, 6.45) is 3.21. The fraction of sp³-hybridized carbons (Fsp3) is 0.533. The van der Waals surface area contributed by atoms with Crippen LogP contribution >= 0.6 is 0 Å². The van der Waals surface area contributed by atoms with Gasteiger partial charge in [0.1, 0.15) is 0 Å². The first-order valence-electron chi connectivity index (χ1n) is 6.80. The number of hydrogen-bond donors (Lipinski definition) is 1. The second kappa shape index (κ2) is 6.01. The Balaban J connectivity index is 2.10. The molecule has 0 spiro atoms. The van der Waals surface area contributed by atoms with Crippen LogP contribution in [-0.4, -0.2) is 30.9 Å². The minimum Gasteiger partial charge on any atom is -0.342 e. The van der Waals surface area contributed by atoms with E-state index in [4.69, 9.17) is 0 Å². The zero-order chi connectivity index (χ0) is 13.0. The molecule has 0 bridgehead atoms. The molecule has 98 valence electrons. The molecule has 1 amide bonds. The Hall–Kier alpha value is -1.35. The molecule has 1 N–H and O–H groups in total. The topological polar surface area (TPSA) is 32.3 Å². The zero-order valence-corrected chi connectivity index (χ0v) is 11.3. The van der Waals surface area contributed by atoms with Gasteiger partial charge in [0.25, 0.3) is 5.91 Å². The molecular formula is C15H22N2O. The third kappa shape index (κ3) is 2.91. The molecule has 18 heavy (non-hydrogen) atoms. The lowest BCUT2D eigenvalue weighted by molar-refractivity contribution is 0.0793. The fourth-order valence-corrected chi connectivity index (χ4v) is 2.33. The summed E-state index contributed by atoms with van der Waals surface area (Å²) in [5.41, 5.74) is 3.48. The number of carbonyl (C=O) groups is 1. The molecule has 0 saturated heterocycles. The van der Waals surface area contributed by atoms with Crippen molar-refractivity contribution in [2.24, 2.45) is 0 Å². The molecule has 1 heterocycles. The Morgan fingerprint density at radius 1 is 1.39 bits per heavy atom. The van der Waals surface area contributed by atoms with Crippen molar-refractivity contribution in [3.63, 3.8) is 0 Å². The highest BCUT2D eigenvalue weighted by Gasteiger charge is 2.14. The van der Waals surface area contributed by atoms with Crippen LogP contribution in [0.4, 0.5) is 0 Å². The standard InChI is InChI=1S/C15H22N2O/c1-3-4-9-17(2)15(18)13-5-6-14-11-16-8-7-12(14)10-13/h5-6,10,16H,3-4,7-9,11H2,1-2H3. The first-order chi connectivity index (χ1) is 8.72. The number of unbranched alkanes of at least 4 members (excludes halogenated alkanes) is 1. The van der Waals surface area contributed by atoms with Gasteiger partial charge in [0.05, 0.1) is 0 Å². The highest BCUT2D eigenvalue weighted by Crippen LogP contribution is 2.17. The van der Waals surface area contributed by atoms with Gasteiger partial charge in [0.15, 0.2) is 0 Å². The van der Waals surface area contributed by atoms with Crippen LogP contribution in [0.25, 0.3) is 0 Å². The summed E-state index contributed by atoms with van der Waals surface area (Å²) in [6.45, 7) is 4.92. The number of nitrogens with one attached hydrogen (secondary N) is 1. The fourth-order valence-electron chi connectivity index (χ4n) is 2.33. The number of hydrogen-bond acceptors (Lipinski definition) is 2. The van der Waals surface area contributed by atoms with Gasteiger partial charge in [-0.2, -0.15) is 0 Å². The van der Waals surface area contributed by atoms with E-state index >= 15 is 0 Å². The van der Waals surface area contributed by atoms with Crippen molar-refractivity contribution < 1.29 is 4.79 Å². The smallest absolute Gasteiger partial charge is 0.253 e. The number of carbonyl (C=O) groups excluding carboxylic acids is 1. The van der Waals surface area contributed by atoms with Gasteiger partial charge in [-0.05, 0) is 42.6 Å². The maximum Gasteiger partial charge on any atom is 0.253 e. The summed E-state index contributed by atoms with van der Waals surface area (Å²) < 4.78 is 0. The quantitative estimate of drug-likeness (QED) is 0.883. The minimum atomic E-state index is 0.143. The second-order valence-corrected chi connectivity index (χ2v) is 4.99. The number of nitrogens with zero attached hydrogens (tertiary/aromatic N) is 1. The second-order valence-electron chi connectivity index (χ2n) is 4.99. The molecule has 1 aliphatic rings. The van der Waals surface area contributed by atoms with Crippen molar-refractivity contribution >= 4 is 5.91 Å². The average molecular weight is 246 g/mol. The highest BCUT2D eigenvalue weighted by atomic mass is 16.2. The van der Waals surface area contributed by atoms with Crippen molar-refractivity contribution in [1.29, 1.82) is 0 Å². The summed E-state index contributed by atoms with van der Waals surface area (Å²) in [4.78, 5) is 14.1. The molecule has 0 saturated carbocycles. The molecule has 1 aliphatic heterocycles. The van der Waals surface area contributed by atoms with Crippen LogP contribution in [0.3, 0.4) is 0 Å². The maximum absolute atomic E-state index is 12.2. The SMILES string of the molecule is CCCCN(C)C(=O)c1ccc2c(c1)CCNC2. The molecular weight excluding hydrogens is 224 g/mol. The third-order valence-electron chi connectivity index (χ3n) is 3.53. The van der Waals surface area contributed by atoms with Gasteiger partial charge >= 0.3 is 0 Å². The lowest BCUT2D eigenvalue weighted by Crippen LogP contribution is -2.28. The van der Waals surface area contributed by atoms with Gasteiger partial charge < -0.3 is 10.2 Å². The van der Waals surface area contributed by atoms with Crippen LogP contribution < -0.4 is 5.32 Å². The molecule has 0 radical (unpaired) electrons. The molecule has 1 aromatic rings. The molecule has 1 aromatic carbocycles. The number of rotatable bonds is 4. The summed E-state index contributed by atoms with van der Waals surface area (Å²) >= 11 is 0. The van der Waals surface area contributed by atoms with Crippen LogP contribution in [0, 0.1) is 0 Å². The number of benzene rings is 1. The van der Waals surface area contributed by atoms with Crippen molar-refractivity contribution in [2.75, 3.05) is 20.1 Å². The van der Waals surface area contributed by atoms with E-state index in [0.717, 1.165) is 44.5 Å². The molecule has 0 atom stereocenters. The molecule has 2 rings (SSSR count). The van der Waals surface area contributed by atoms with Gasteiger partial charge in [-0.3, -0.25) is 4.79 Å². The molecule has 0 unspecified atom stereocenters. The van der Waals surface area contributed by atoms with Gasteiger partial charge in [-0.25, -0.2) is 0 Å². The van der Waals surface area contributed by atoms with E-state index in [1.165, 1.54) is 11.1 Å². The summed E-state index contributed by atoms with van der Waals surface area (Å²) in [7, 11) is 1.89. The van der Waals surface area contributed by atoms with E-state index in [0.29, 0.717) is 0 Å². The molecule has 0 fully saturated rings. The van der Waals surface area contributed by atoms with E-state index < -0.39 is 0 Å². The van der Waals surface area contributed by atoms with Crippen LogP contribution in [0.5, 0.6) is 0 Å². The molecule has 0 aliphatic carbocycles. The van der Waals surface area contributed by atoms with E-state index in [1.807, 2.05) is 18.0 Å². The molecule has 3 nitrogen and oxygen atoms in total. The van der Waals surface area contributed by atoms with E-state index in [2.05, 4.69) is 24.4 Å². The Morgan fingerprint density at radius 3 is 3.00 bits per heavy atom. The third-order valence-corrected chi connectivity index (χ3v) is 3.53. The normalized spacial score (nSPS) is 14.1. The maximum atomic E-state index is 12.2. The van der Waals surface area contributed by atoms with Crippen LogP contribution in [-0.2, 0) is 13.0 Å². The molecule has 3 heteroatoms. The number of fused-ring (bicyclic) bond motifs is 1. The van der Waals surface area contributed by atoms with Crippen LogP contribution in [0.2, 0.25) is 0 Å². The van der Waals surface area contributed by atoms with E-state index in [1.54, 1.807) is 0 Å². The first-order valence-corrected chi connectivity index (χ1v) is 6.80.